The Labute approximate surface area is 180 Å². The van der Waals surface area contributed by atoms with Gasteiger partial charge in [0.1, 0.15) is 19.0 Å². The molecule has 0 unspecified atom stereocenters. The van der Waals surface area contributed by atoms with Crippen LogP contribution in [-0.4, -0.2) is 40.4 Å². The van der Waals surface area contributed by atoms with Crippen molar-refractivity contribution in [1.29, 1.82) is 0 Å². The fraction of sp³-hybridized carbons (Fsp3) is 0.318. The van der Waals surface area contributed by atoms with E-state index in [1.165, 1.54) is 12.1 Å². The molecule has 0 fully saturated rings. The van der Waals surface area contributed by atoms with Crippen LogP contribution in [0, 0.1) is 0 Å². The van der Waals surface area contributed by atoms with Crippen LogP contribution in [0.4, 0.5) is 0 Å². The molecular formula is C22H23NO7S. The molecular weight excluding hydrogens is 422 g/mol. The number of para-hydroxylation sites is 1. The predicted molar refractivity (Wildman–Crippen MR) is 113 cm³/mol. The Morgan fingerprint density at radius 2 is 1.90 bits per heavy atom. The van der Waals surface area contributed by atoms with E-state index in [0.29, 0.717) is 41.8 Å². The van der Waals surface area contributed by atoms with Gasteiger partial charge in [0.2, 0.25) is 5.91 Å². The summed E-state index contributed by atoms with van der Waals surface area (Å²) in [6.07, 6.45) is -0.176. The Hall–Kier alpha value is -3.20. The number of amides is 1. The Kier molecular flexibility index (Phi) is 5.77. The van der Waals surface area contributed by atoms with E-state index in [1.807, 2.05) is 18.2 Å². The van der Waals surface area contributed by atoms with Crippen molar-refractivity contribution in [3.05, 3.63) is 48.2 Å². The third-order valence-electron chi connectivity index (χ3n) is 5.02. The smallest absolute Gasteiger partial charge is 0.221 e. The number of carbonyl (C=O) groups excluding carboxylic acids is 1. The van der Waals surface area contributed by atoms with E-state index >= 15 is 0 Å². The summed E-state index contributed by atoms with van der Waals surface area (Å²) in [6.45, 7) is 2.57. The van der Waals surface area contributed by atoms with E-state index in [2.05, 4.69) is 5.32 Å². The Morgan fingerprint density at radius 3 is 2.68 bits per heavy atom. The first-order valence-electron chi connectivity index (χ1n) is 9.85. The molecule has 9 heteroatoms. The number of fused-ring (bicyclic) bond motifs is 2. The number of sulfone groups is 1. The van der Waals surface area contributed by atoms with Crippen molar-refractivity contribution in [2.45, 2.75) is 24.3 Å². The van der Waals surface area contributed by atoms with Crippen LogP contribution in [0.1, 0.15) is 25.1 Å². The Balaban J connectivity index is 1.39. The van der Waals surface area contributed by atoms with Crippen molar-refractivity contribution >= 4 is 26.7 Å². The second kappa shape index (κ2) is 8.50. The van der Waals surface area contributed by atoms with Gasteiger partial charge in [0.15, 0.2) is 32.7 Å². The summed E-state index contributed by atoms with van der Waals surface area (Å²) in [5.41, 5.74) is 0.599. The first-order chi connectivity index (χ1) is 14.9. The Morgan fingerprint density at radius 1 is 1.13 bits per heavy atom. The van der Waals surface area contributed by atoms with Crippen LogP contribution in [-0.2, 0) is 14.6 Å². The number of benzene rings is 2. The van der Waals surface area contributed by atoms with Crippen LogP contribution < -0.4 is 19.5 Å². The van der Waals surface area contributed by atoms with Gasteiger partial charge in [0, 0.05) is 17.9 Å². The molecule has 164 valence electrons. The number of furan rings is 1. The SMILES string of the molecule is COc1cccc2cc([C@@H](C)NC(=O)CCS(=O)(=O)c3ccc4c(c3)OCCO4)oc12. The zero-order chi connectivity index (χ0) is 22.0. The van der Waals surface area contributed by atoms with Crippen LogP contribution >= 0.6 is 0 Å². The molecule has 0 spiro atoms. The van der Waals surface area contributed by atoms with Crippen LogP contribution in [0.3, 0.4) is 0 Å². The minimum absolute atomic E-state index is 0.0991. The number of hydrogen-bond donors (Lipinski definition) is 1. The van der Waals surface area contributed by atoms with E-state index in [0.717, 1.165) is 5.39 Å². The lowest BCUT2D eigenvalue weighted by atomic mass is 10.2. The normalized spacial score (nSPS) is 14.3. The van der Waals surface area contributed by atoms with E-state index < -0.39 is 15.9 Å². The molecule has 0 bridgehead atoms. The molecule has 0 radical (unpaired) electrons. The number of nitrogens with one attached hydrogen (secondary N) is 1. The maximum absolute atomic E-state index is 12.7. The van der Waals surface area contributed by atoms with Gasteiger partial charge in [0.25, 0.3) is 0 Å². The zero-order valence-corrected chi connectivity index (χ0v) is 18.0. The summed E-state index contributed by atoms with van der Waals surface area (Å²) in [7, 11) is -2.10. The molecule has 1 aliphatic rings. The van der Waals surface area contributed by atoms with Gasteiger partial charge in [-0.1, -0.05) is 12.1 Å². The summed E-state index contributed by atoms with van der Waals surface area (Å²) in [6, 6.07) is 11.4. The largest absolute Gasteiger partial charge is 0.493 e. The van der Waals surface area contributed by atoms with E-state index in [4.69, 9.17) is 18.6 Å². The van der Waals surface area contributed by atoms with Gasteiger partial charge in [-0.15, -0.1) is 0 Å². The van der Waals surface area contributed by atoms with Crippen LogP contribution in [0.5, 0.6) is 17.2 Å². The zero-order valence-electron chi connectivity index (χ0n) is 17.2. The van der Waals surface area contributed by atoms with Gasteiger partial charge in [-0.25, -0.2) is 8.42 Å². The molecule has 2 aromatic carbocycles. The minimum Gasteiger partial charge on any atom is -0.493 e. The van der Waals surface area contributed by atoms with Gasteiger partial charge in [-0.2, -0.15) is 0 Å². The summed E-state index contributed by atoms with van der Waals surface area (Å²) in [5, 5.41) is 3.64. The quantitative estimate of drug-likeness (QED) is 0.595. The summed E-state index contributed by atoms with van der Waals surface area (Å²) in [4.78, 5) is 12.5. The van der Waals surface area contributed by atoms with Gasteiger partial charge in [0.05, 0.1) is 23.8 Å². The highest BCUT2D eigenvalue weighted by Crippen LogP contribution is 2.33. The average Bonchev–Trinajstić information content (AvgIpc) is 3.22. The standard InChI is InChI=1S/C22H23NO7S/c1-14(19-12-15-4-3-5-18(27-2)22(15)30-19)23-21(24)8-11-31(25,26)16-6-7-17-20(13-16)29-10-9-28-17/h3-7,12-14H,8-11H2,1-2H3,(H,23,24)/t14-/m1/s1. The molecule has 4 rings (SSSR count). The number of hydrogen-bond acceptors (Lipinski definition) is 7. The number of carbonyl (C=O) groups is 1. The second-order valence-corrected chi connectivity index (χ2v) is 9.30. The molecule has 1 aromatic heterocycles. The summed E-state index contributed by atoms with van der Waals surface area (Å²) in [5.74, 6) is 1.36. The molecule has 1 amide bonds. The second-order valence-electron chi connectivity index (χ2n) is 7.19. The lowest BCUT2D eigenvalue weighted by Crippen LogP contribution is -2.28. The molecule has 0 saturated carbocycles. The fourth-order valence-electron chi connectivity index (χ4n) is 3.38. The minimum atomic E-state index is -3.66. The molecule has 0 aliphatic carbocycles. The lowest BCUT2D eigenvalue weighted by molar-refractivity contribution is -0.121. The van der Waals surface area contributed by atoms with Crippen molar-refractivity contribution in [3.63, 3.8) is 0 Å². The molecule has 2 heterocycles. The van der Waals surface area contributed by atoms with Crippen molar-refractivity contribution < 1.29 is 31.8 Å². The number of ether oxygens (including phenoxy) is 3. The van der Waals surface area contributed by atoms with Gasteiger partial charge in [-0.05, 0) is 31.2 Å². The highest BCUT2D eigenvalue weighted by Gasteiger charge is 2.22. The van der Waals surface area contributed by atoms with Crippen molar-refractivity contribution in [1.82, 2.24) is 5.32 Å². The lowest BCUT2D eigenvalue weighted by Gasteiger charge is -2.18. The molecule has 31 heavy (non-hydrogen) atoms. The van der Waals surface area contributed by atoms with Gasteiger partial charge >= 0.3 is 0 Å². The van der Waals surface area contributed by atoms with Gasteiger partial charge < -0.3 is 23.9 Å². The monoisotopic (exact) mass is 445 g/mol. The highest BCUT2D eigenvalue weighted by atomic mass is 32.2. The molecule has 1 aliphatic heterocycles. The maximum Gasteiger partial charge on any atom is 0.221 e. The third-order valence-corrected chi connectivity index (χ3v) is 6.74. The molecule has 3 aromatic rings. The molecule has 1 atom stereocenters. The fourth-order valence-corrected chi connectivity index (χ4v) is 4.63. The first kappa shape index (κ1) is 21.0. The van der Waals surface area contributed by atoms with E-state index in [9.17, 15) is 13.2 Å². The van der Waals surface area contributed by atoms with E-state index in [1.54, 1.807) is 26.2 Å². The highest BCUT2D eigenvalue weighted by molar-refractivity contribution is 7.91. The molecule has 8 nitrogen and oxygen atoms in total. The van der Waals surface area contributed by atoms with Crippen LogP contribution in [0.15, 0.2) is 51.8 Å². The van der Waals surface area contributed by atoms with Crippen molar-refractivity contribution in [2.24, 2.45) is 0 Å². The topological polar surface area (TPSA) is 104 Å². The number of methoxy groups -OCH3 is 1. The first-order valence-corrected chi connectivity index (χ1v) is 11.5. The third kappa shape index (κ3) is 4.46. The Bertz CT molecular complexity index is 1220. The molecule has 0 saturated heterocycles. The van der Waals surface area contributed by atoms with Gasteiger partial charge in [-0.3, -0.25) is 4.79 Å². The van der Waals surface area contributed by atoms with Crippen LogP contribution in [0.25, 0.3) is 11.0 Å². The summed E-state index contributed by atoms with van der Waals surface area (Å²) < 4.78 is 47.3. The number of rotatable bonds is 7. The predicted octanol–water partition coefficient (Wildman–Crippen LogP) is 3.25. The molecule has 1 N–H and O–H groups in total. The average molecular weight is 445 g/mol. The van der Waals surface area contributed by atoms with Crippen molar-refractivity contribution in [2.75, 3.05) is 26.1 Å². The van der Waals surface area contributed by atoms with E-state index in [-0.39, 0.29) is 23.0 Å². The maximum atomic E-state index is 12.7. The summed E-state index contributed by atoms with van der Waals surface area (Å²) >= 11 is 0. The van der Waals surface area contributed by atoms with Crippen LogP contribution in [0.2, 0.25) is 0 Å². The van der Waals surface area contributed by atoms with Crippen molar-refractivity contribution in [3.8, 4) is 17.2 Å².